The van der Waals surface area contributed by atoms with E-state index < -0.39 is 0 Å². The molecule has 0 aliphatic carbocycles. The third-order valence-electron chi connectivity index (χ3n) is 4.85. The largest absolute Gasteiger partial charge is 0.496 e. The Morgan fingerprint density at radius 2 is 1.92 bits per heavy atom. The second-order valence-corrected chi connectivity index (χ2v) is 6.18. The summed E-state index contributed by atoms with van der Waals surface area (Å²) in [5.41, 5.74) is 5.31. The maximum atomic E-state index is 12.6. The summed E-state index contributed by atoms with van der Waals surface area (Å²) in [4.78, 5) is 12.6. The SMILES string of the molecule is CCn1c(C)c(C)c2cc(C(=O)NCc3ccccc3OC)ccc21. The van der Waals surface area contributed by atoms with Gasteiger partial charge < -0.3 is 14.6 Å². The highest BCUT2D eigenvalue weighted by molar-refractivity contribution is 5.99. The van der Waals surface area contributed by atoms with Gasteiger partial charge in [0.05, 0.1) is 7.11 Å². The fourth-order valence-electron chi connectivity index (χ4n) is 3.33. The number of rotatable bonds is 5. The van der Waals surface area contributed by atoms with Crippen molar-refractivity contribution in [2.75, 3.05) is 7.11 Å². The molecule has 0 aliphatic heterocycles. The minimum Gasteiger partial charge on any atom is -0.496 e. The average Bonchev–Trinajstić information content (AvgIpc) is 2.89. The highest BCUT2D eigenvalue weighted by atomic mass is 16.5. The van der Waals surface area contributed by atoms with E-state index >= 15 is 0 Å². The number of methoxy groups -OCH3 is 1. The van der Waals surface area contributed by atoms with Gasteiger partial charge in [-0.15, -0.1) is 0 Å². The van der Waals surface area contributed by atoms with Crippen molar-refractivity contribution in [3.05, 3.63) is 64.8 Å². The van der Waals surface area contributed by atoms with Gasteiger partial charge in [0.2, 0.25) is 0 Å². The number of carbonyl (C=O) groups is 1. The van der Waals surface area contributed by atoms with Crippen LogP contribution < -0.4 is 10.1 Å². The zero-order valence-electron chi connectivity index (χ0n) is 15.2. The number of ether oxygens (including phenoxy) is 1. The molecule has 1 N–H and O–H groups in total. The van der Waals surface area contributed by atoms with Crippen molar-refractivity contribution in [2.24, 2.45) is 0 Å². The molecule has 0 atom stereocenters. The van der Waals surface area contributed by atoms with Crippen LogP contribution in [-0.2, 0) is 13.1 Å². The van der Waals surface area contributed by atoms with E-state index in [1.165, 1.54) is 16.8 Å². The lowest BCUT2D eigenvalue weighted by atomic mass is 10.1. The van der Waals surface area contributed by atoms with Crippen LogP contribution in [-0.4, -0.2) is 17.6 Å². The number of para-hydroxylation sites is 1. The number of fused-ring (bicyclic) bond motifs is 1. The van der Waals surface area contributed by atoms with Crippen LogP contribution in [0.2, 0.25) is 0 Å². The van der Waals surface area contributed by atoms with Gasteiger partial charge in [0, 0.05) is 40.8 Å². The lowest BCUT2D eigenvalue weighted by molar-refractivity contribution is 0.0951. The zero-order chi connectivity index (χ0) is 18.0. The normalized spacial score (nSPS) is 10.9. The van der Waals surface area contributed by atoms with Gasteiger partial charge in [-0.05, 0) is 50.6 Å². The van der Waals surface area contributed by atoms with Crippen LogP contribution in [0.4, 0.5) is 0 Å². The molecule has 0 bridgehead atoms. The maximum Gasteiger partial charge on any atom is 0.251 e. The summed E-state index contributed by atoms with van der Waals surface area (Å²) in [6, 6.07) is 13.6. The van der Waals surface area contributed by atoms with E-state index in [-0.39, 0.29) is 5.91 Å². The van der Waals surface area contributed by atoms with Gasteiger partial charge >= 0.3 is 0 Å². The van der Waals surface area contributed by atoms with Crippen molar-refractivity contribution in [2.45, 2.75) is 33.9 Å². The third-order valence-corrected chi connectivity index (χ3v) is 4.85. The van der Waals surface area contributed by atoms with Crippen molar-refractivity contribution in [1.29, 1.82) is 0 Å². The molecular weight excluding hydrogens is 312 g/mol. The number of amides is 1. The van der Waals surface area contributed by atoms with E-state index in [1.807, 2.05) is 42.5 Å². The molecule has 0 fully saturated rings. The molecule has 0 saturated carbocycles. The molecule has 0 aliphatic rings. The van der Waals surface area contributed by atoms with Gasteiger partial charge in [-0.3, -0.25) is 4.79 Å². The third kappa shape index (κ3) is 3.12. The van der Waals surface area contributed by atoms with Crippen LogP contribution in [0.1, 0.15) is 34.1 Å². The van der Waals surface area contributed by atoms with Crippen molar-refractivity contribution >= 4 is 16.8 Å². The fraction of sp³-hybridized carbons (Fsp3) is 0.286. The first-order valence-corrected chi connectivity index (χ1v) is 8.56. The smallest absolute Gasteiger partial charge is 0.251 e. The summed E-state index contributed by atoms with van der Waals surface area (Å²) in [6.45, 7) is 7.74. The number of aryl methyl sites for hydroxylation is 2. The molecule has 4 nitrogen and oxygen atoms in total. The Kier molecular flexibility index (Phi) is 4.79. The Morgan fingerprint density at radius 1 is 1.16 bits per heavy atom. The van der Waals surface area contributed by atoms with Gasteiger partial charge in [0.1, 0.15) is 5.75 Å². The lowest BCUT2D eigenvalue weighted by Crippen LogP contribution is -2.23. The standard InChI is InChI=1S/C21H24N2O2/c1-5-23-15(3)14(2)18-12-16(10-11-19(18)23)21(24)22-13-17-8-6-7-9-20(17)25-4/h6-12H,5,13H2,1-4H3,(H,22,24). The maximum absolute atomic E-state index is 12.6. The fourth-order valence-corrected chi connectivity index (χ4v) is 3.33. The van der Waals surface area contributed by atoms with Crippen molar-refractivity contribution in [1.82, 2.24) is 9.88 Å². The first-order valence-electron chi connectivity index (χ1n) is 8.56. The topological polar surface area (TPSA) is 43.3 Å². The van der Waals surface area contributed by atoms with Crippen LogP contribution in [0.15, 0.2) is 42.5 Å². The number of nitrogens with zero attached hydrogens (tertiary/aromatic N) is 1. The Hall–Kier alpha value is -2.75. The van der Waals surface area contributed by atoms with E-state index in [2.05, 4.69) is 30.7 Å². The summed E-state index contributed by atoms with van der Waals surface area (Å²) in [7, 11) is 1.64. The first kappa shape index (κ1) is 17.1. The quantitative estimate of drug-likeness (QED) is 0.758. The first-order chi connectivity index (χ1) is 12.1. The van der Waals surface area contributed by atoms with Crippen molar-refractivity contribution in [3.63, 3.8) is 0 Å². The van der Waals surface area contributed by atoms with Gasteiger partial charge in [0.25, 0.3) is 5.91 Å². The molecule has 0 spiro atoms. The van der Waals surface area contributed by atoms with Crippen LogP contribution in [0.3, 0.4) is 0 Å². The molecule has 2 aromatic carbocycles. The Labute approximate surface area is 148 Å². The van der Waals surface area contributed by atoms with Crippen molar-refractivity contribution < 1.29 is 9.53 Å². The molecule has 0 unspecified atom stereocenters. The molecule has 0 saturated heterocycles. The van der Waals surface area contributed by atoms with E-state index in [9.17, 15) is 4.79 Å². The predicted molar refractivity (Wildman–Crippen MR) is 101 cm³/mol. The highest BCUT2D eigenvalue weighted by Crippen LogP contribution is 2.26. The van der Waals surface area contributed by atoms with Gasteiger partial charge in [-0.1, -0.05) is 18.2 Å². The van der Waals surface area contributed by atoms with Crippen LogP contribution >= 0.6 is 0 Å². The minimum atomic E-state index is -0.0749. The van der Waals surface area contributed by atoms with Gasteiger partial charge in [-0.2, -0.15) is 0 Å². The molecule has 4 heteroatoms. The average molecular weight is 336 g/mol. The molecule has 1 heterocycles. The number of nitrogens with one attached hydrogen (secondary N) is 1. The molecule has 1 aromatic heterocycles. The lowest BCUT2D eigenvalue weighted by Gasteiger charge is -2.10. The molecule has 3 aromatic rings. The molecule has 1 amide bonds. The van der Waals surface area contributed by atoms with Crippen molar-refractivity contribution in [3.8, 4) is 5.75 Å². The summed E-state index contributed by atoms with van der Waals surface area (Å²) >= 11 is 0. The summed E-state index contributed by atoms with van der Waals surface area (Å²) in [5.74, 6) is 0.707. The number of carbonyl (C=O) groups excluding carboxylic acids is 1. The Balaban J connectivity index is 1.84. The second-order valence-electron chi connectivity index (χ2n) is 6.18. The summed E-state index contributed by atoms with van der Waals surface area (Å²) in [5, 5.41) is 4.13. The van der Waals surface area contributed by atoms with Gasteiger partial charge in [-0.25, -0.2) is 0 Å². The van der Waals surface area contributed by atoms with E-state index in [0.29, 0.717) is 12.1 Å². The monoisotopic (exact) mass is 336 g/mol. The van der Waals surface area contributed by atoms with E-state index in [0.717, 1.165) is 23.2 Å². The molecule has 130 valence electrons. The van der Waals surface area contributed by atoms with Gasteiger partial charge in [0.15, 0.2) is 0 Å². The number of benzene rings is 2. The summed E-state index contributed by atoms with van der Waals surface area (Å²) in [6.07, 6.45) is 0. The minimum absolute atomic E-state index is 0.0749. The molecular formula is C21H24N2O2. The Bertz CT molecular complexity index is 925. The predicted octanol–water partition coefficient (Wildman–Crippen LogP) is 4.22. The Morgan fingerprint density at radius 3 is 2.64 bits per heavy atom. The van der Waals surface area contributed by atoms with Crippen LogP contribution in [0.5, 0.6) is 5.75 Å². The number of aromatic nitrogens is 1. The number of hydrogen-bond donors (Lipinski definition) is 1. The zero-order valence-corrected chi connectivity index (χ0v) is 15.2. The van der Waals surface area contributed by atoms with Crippen LogP contribution in [0, 0.1) is 13.8 Å². The number of hydrogen-bond acceptors (Lipinski definition) is 2. The molecule has 0 radical (unpaired) electrons. The van der Waals surface area contributed by atoms with E-state index in [4.69, 9.17) is 4.74 Å². The molecule has 3 rings (SSSR count). The van der Waals surface area contributed by atoms with E-state index in [1.54, 1.807) is 7.11 Å². The highest BCUT2D eigenvalue weighted by Gasteiger charge is 2.13. The molecule has 25 heavy (non-hydrogen) atoms. The summed E-state index contributed by atoms with van der Waals surface area (Å²) < 4.78 is 7.61. The van der Waals surface area contributed by atoms with Crippen LogP contribution in [0.25, 0.3) is 10.9 Å². The second kappa shape index (κ2) is 7.01.